The van der Waals surface area contributed by atoms with Crippen molar-refractivity contribution in [2.75, 3.05) is 0 Å². The Morgan fingerprint density at radius 3 is 2.33 bits per heavy atom. The lowest BCUT2D eigenvalue weighted by Gasteiger charge is -2.60. The number of hydrogen-bond donors (Lipinski definition) is 1. The first kappa shape index (κ1) is 14.5. The van der Waals surface area contributed by atoms with Crippen LogP contribution in [-0.2, 0) is 0 Å². The Bertz CT molecular complexity index is 418. The second-order valence-corrected chi connectivity index (χ2v) is 9.61. The summed E-state index contributed by atoms with van der Waals surface area (Å²) in [4.78, 5) is 0. The van der Waals surface area contributed by atoms with Gasteiger partial charge in [-0.15, -0.1) is 0 Å². The van der Waals surface area contributed by atoms with Crippen LogP contribution in [0.15, 0.2) is 0 Å². The van der Waals surface area contributed by atoms with Gasteiger partial charge in [0.1, 0.15) is 0 Å². The van der Waals surface area contributed by atoms with Crippen molar-refractivity contribution in [2.45, 2.75) is 84.7 Å². The molecule has 4 saturated carbocycles. The molecule has 4 fully saturated rings. The van der Waals surface area contributed by atoms with Crippen LogP contribution in [0.4, 0.5) is 0 Å². The third-order valence-corrected chi connectivity index (χ3v) is 9.11. The first-order chi connectivity index (χ1) is 9.95. The fourth-order valence-electron chi connectivity index (χ4n) is 7.50. The summed E-state index contributed by atoms with van der Waals surface area (Å²) < 4.78 is 0. The summed E-state index contributed by atoms with van der Waals surface area (Å²) >= 11 is 0. The van der Waals surface area contributed by atoms with Crippen LogP contribution in [0.5, 0.6) is 0 Å². The van der Waals surface area contributed by atoms with Gasteiger partial charge in [0.25, 0.3) is 0 Å². The standard InChI is InChI=1S/C20H34O/c1-13-4-7-17-16-6-5-14-12-15(21)8-10-20(14,3)18(16)9-11-19(13,17)2/h13-18,21H,4-12H2,1-3H3/t13-,14+,15-,16?,17?,18?,19+,20-/m0/s1. The van der Waals surface area contributed by atoms with E-state index >= 15 is 0 Å². The average molecular weight is 290 g/mol. The molecule has 4 aliphatic rings. The Kier molecular flexibility index (Phi) is 3.27. The lowest BCUT2D eigenvalue weighted by molar-refractivity contribution is -0.125. The molecule has 0 bridgehead atoms. The van der Waals surface area contributed by atoms with E-state index in [1.54, 1.807) is 0 Å². The molecule has 21 heavy (non-hydrogen) atoms. The van der Waals surface area contributed by atoms with Crippen LogP contribution in [0.25, 0.3) is 0 Å². The van der Waals surface area contributed by atoms with E-state index < -0.39 is 0 Å². The van der Waals surface area contributed by atoms with Crippen LogP contribution in [0.3, 0.4) is 0 Å². The van der Waals surface area contributed by atoms with Gasteiger partial charge in [0.15, 0.2) is 0 Å². The van der Waals surface area contributed by atoms with Gasteiger partial charge < -0.3 is 5.11 Å². The topological polar surface area (TPSA) is 20.2 Å². The highest BCUT2D eigenvalue weighted by Crippen LogP contribution is 2.67. The van der Waals surface area contributed by atoms with Gasteiger partial charge in [0, 0.05) is 0 Å². The second-order valence-electron chi connectivity index (χ2n) is 9.61. The van der Waals surface area contributed by atoms with Crippen molar-refractivity contribution in [1.82, 2.24) is 0 Å². The summed E-state index contributed by atoms with van der Waals surface area (Å²) in [5, 5.41) is 10.1. The lowest BCUT2D eigenvalue weighted by Crippen LogP contribution is -2.53. The first-order valence-corrected chi connectivity index (χ1v) is 9.63. The van der Waals surface area contributed by atoms with Gasteiger partial charge >= 0.3 is 0 Å². The molecule has 4 aliphatic carbocycles. The molecule has 1 nitrogen and oxygen atoms in total. The van der Waals surface area contributed by atoms with Gasteiger partial charge in [0.05, 0.1) is 6.10 Å². The van der Waals surface area contributed by atoms with Crippen molar-refractivity contribution in [1.29, 1.82) is 0 Å². The van der Waals surface area contributed by atoms with Crippen molar-refractivity contribution in [3.8, 4) is 0 Å². The Balaban J connectivity index is 1.62. The molecule has 0 aliphatic heterocycles. The summed E-state index contributed by atoms with van der Waals surface area (Å²) in [6, 6.07) is 0. The monoisotopic (exact) mass is 290 g/mol. The fourth-order valence-corrected chi connectivity index (χ4v) is 7.50. The van der Waals surface area contributed by atoms with E-state index in [1.165, 1.54) is 44.9 Å². The average Bonchev–Trinajstić information content (AvgIpc) is 2.76. The SMILES string of the molecule is C[C@H]1CCC2C3CC[C@@H]4C[C@@H](O)CC[C@]4(C)C3CC[C@@]21C. The summed E-state index contributed by atoms with van der Waals surface area (Å²) in [5.74, 6) is 4.74. The Hall–Kier alpha value is -0.0400. The molecule has 1 heteroatoms. The molecule has 0 aromatic carbocycles. The molecular formula is C20H34O. The van der Waals surface area contributed by atoms with Crippen LogP contribution in [0.1, 0.15) is 78.6 Å². The molecule has 3 unspecified atom stereocenters. The van der Waals surface area contributed by atoms with Crippen molar-refractivity contribution in [2.24, 2.45) is 40.4 Å². The zero-order valence-corrected chi connectivity index (χ0v) is 14.3. The highest BCUT2D eigenvalue weighted by atomic mass is 16.3. The van der Waals surface area contributed by atoms with E-state index in [0.717, 1.165) is 42.4 Å². The zero-order valence-electron chi connectivity index (χ0n) is 14.3. The maximum atomic E-state index is 10.1. The van der Waals surface area contributed by atoms with Gasteiger partial charge in [-0.1, -0.05) is 20.8 Å². The number of hydrogen-bond acceptors (Lipinski definition) is 1. The maximum Gasteiger partial charge on any atom is 0.0543 e. The molecule has 8 atom stereocenters. The molecule has 0 aromatic heterocycles. The maximum absolute atomic E-state index is 10.1. The Labute approximate surface area is 130 Å². The number of aliphatic hydroxyl groups is 1. The molecule has 1 N–H and O–H groups in total. The molecule has 0 aromatic rings. The van der Waals surface area contributed by atoms with Crippen LogP contribution >= 0.6 is 0 Å². The van der Waals surface area contributed by atoms with E-state index in [4.69, 9.17) is 0 Å². The van der Waals surface area contributed by atoms with E-state index in [-0.39, 0.29) is 6.10 Å². The number of rotatable bonds is 0. The van der Waals surface area contributed by atoms with Gasteiger partial charge in [-0.25, -0.2) is 0 Å². The Morgan fingerprint density at radius 2 is 1.52 bits per heavy atom. The minimum absolute atomic E-state index is 0.0000147. The molecule has 0 saturated heterocycles. The minimum Gasteiger partial charge on any atom is -0.393 e. The lowest BCUT2D eigenvalue weighted by atomic mass is 9.45. The predicted octanol–water partition coefficient (Wildman–Crippen LogP) is 5.03. The van der Waals surface area contributed by atoms with E-state index in [0.29, 0.717) is 10.8 Å². The predicted molar refractivity (Wildman–Crippen MR) is 86.9 cm³/mol. The van der Waals surface area contributed by atoms with Crippen molar-refractivity contribution in [3.05, 3.63) is 0 Å². The van der Waals surface area contributed by atoms with Gasteiger partial charge in [0.2, 0.25) is 0 Å². The molecule has 0 amide bonds. The largest absolute Gasteiger partial charge is 0.393 e. The second kappa shape index (κ2) is 4.73. The normalized spacial score (nSPS) is 60.0. The third kappa shape index (κ3) is 1.92. The number of aliphatic hydroxyl groups excluding tert-OH is 1. The van der Waals surface area contributed by atoms with Gasteiger partial charge in [-0.05, 0) is 98.2 Å². The highest BCUT2D eigenvalue weighted by molar-refractivity contribution is 5.08. The summed E-state index contributed by atoms with van der Waals surface area (Å²) in [6.07, 6.45) is 12.2. The molecule has 0 heterocycles. The molecule has 0 radical (unpaired) electrons. The van der Waals surface area contributed by atoms with Crippen LogP contribution in [0, 0.1) is 40.4 Å². The van der Waals surface area contributed by atoms with Crippen LogP contribution in [-0.4, -0.2) is 11.2 Å². The zero-order chi connectivity index (χ0) is 14.8. The Morgan fingerprint density at radius 1 is 0.810 bits per heavy atom. The molecular weight excluding hydrogens is 256 g/mol. The van der Waals surface area contributed by atoms with Crippen molar-refractivity contribution >= 4 is 0 Å². The van der Waals surface area contributed by atoms with Gasteiger partial charge in [-0.3, -0.25) is 0 Å². The van der Waals surface area contributed by atoms with Crippen molar-refractivity contribution in [3.63, 3.8) is 0 Å². The molecule has 120 valence electrons. The molecule has 4 rings (SSSR count). The smallest absolute Gasteiger partial charge is 0.0543 e. The van der Waals surface area contributed by atoms with Crippen molar-refractivity contribution < 1.29 is 5.11 Å². The third-order valence-electron chi connectivity index (χ3n) is 9.11. The van der Waals surface area contributed by atoms with Gasteiger partial charge in [-0.2, -0.15) is 0 Å². The van der Waals surface area contributed by atoms with Crippen LogP contribution < -0.4 is 0 Å². The van der Waals surface area contributed by atoms with Crippen LogP contribution in [0.2, 0.25) is 0 Å². The minimum atomic E-state index is -0.0000147. The van der Waals surface area contributed by atoms with E-state index in [2.05, 4.69) is 20.8 Å². The summed E-state index contributed by atoms with van der Waals surface area (Å²) in [6.45, 7) is 7.73. The quantitative estimate of drug-likeness (QED) is 0.663. The highest BCUT2D eigenvalue weighted by Gasteiger charge is 2.59. The summed E-state index contributed by atoms with van der Waals surface area (Å²) in [7, 11) is 0. The first-order valence-electron chi connectivity index (χ1n) is 9.63. The van der Waals surface area contributed by atoms with E-state index in [1.807, 2.05) is 0 Å². The fraction of sp³-hybridized carbons (Fsp3) is 1.00. The molecule has 0 spiro atoms. The summed E-state index contributed by atoms with van der Waals surface area (Å²) in [5.41, 5.74) is 1.20. The number of fused-ring (bicyclic) bond motifs is 5. The van der Waals surface area contributed by atoms with E-state index in [9.17, 15) is 5.11 Å².